The van der Waals surface area contributed by atoms with E-state index in [-0.39, 0.29) is 12.2 Å². The number of nitrogens with zero attached hydrogens (tertiary/aromatic N) is 13. The van der Waals surface area contributed by atoms with Crippen molar-refractivity contribution < 1.29 is 33.3 Å². The van der Waals surface area contributed by atoms with Crippen molar-refractivity contribution in [2.45, 2.75) is 157 Å². The molecule has 30 heteroatoms. The van der Waals surface area contributed by atoms with Gasteiger partial charge < -0.3 is 76.0 Å². The first-order valence-electron chi connectivity index (χ1n) is 35.9. The summed E-state index contributed by atoms with van der Waals surface area (Å²) >= 11 is 2.23. The topological polar surface area (TPSA) is 325 Å². The second-order valence-electron chi connectivity index (χ2n) is 27.9. The number of aromatic nitrogens is 12. The summed E-state index contributed by atoms with van der Waals surface area (Å²) in [5, 5.41) is 41.9. The molecule has 9 heterocycles. The van der Waals surface area contributed by atoms with Gasteiger partial charge >= 0.3 is 12.2 Å². The molecule has 0 spiro atoms. The Labute approximate surface area is 635 Å². The number of rotatable bonds is 16. The van der Waals surface area contributed by atoms with E-state index in [0.29, 0.717) is 56.2 Å². The van der Waals surface area contributed by atoms with Crippen molar-refractivity contribution in [1.29, 1.82) is 0 Å². The van der Waals surface area contributed by atoms with Crippen molar-refractivity contribution in [2.24, 2.45) is 5.92 Å². The minimum atomic E-state index is -0.535. The first-order chi connectivity index (χ1) is 50.8. The highest BCUT2D eigenvalue weighted by atomic mass is 127. The summed E-state index contributed by atoms with van der Waals surface area (Å²) in [6.07, 6.45) is 14.9. The molecule has 0 unspecified atom stereocenters. The van der Waals surface area contributed by atoms with Gasteiger partial charge in [0.1, 0.15) is 57.3 Å². The zero-order valence-electron chi connectivity index (χ0n) is 64.3. The number of ether oxygens (including phenoxy) is 5. The second kappa shape index (κ2) is 37.3. The summed E-state index contributed by atoms with van der Waals surface area (Å²) in [6, 6.07) is 23.9. The number of amides is 2. The van der Waals surface area contributed by atoms with Crippen LogP contribution in [0, 0.1) is 30.3 Å². The van der Waals surface area contributed by atoms with Crippen LogP contribution in [0.5, 0.6) is 17.2 Å². The van der Waals surface area contributed by atoms with E-state index in [1.54, 1.807) is 35.8 Å². The van der Waals surface area contributed by atoms with Gasteiger partial charge in [-0.1, -0.05) is 26.2 Å². The maximum Gasteiger partial charge on any atom is 0.410 e. The van der Waals surface area contributed by atoms with Crippen molar-refractivity contribution in [3.8, 4) is 28.6 Å². The molecule has 106 heavy (non-hydrogen) atoms. The highest BCUT2D eigenvalue weighted by Crippen LogP contribution is 2.33. The Morgan fingerprint density at radius 3 is 1.46 bits per heavy atom. The van der Waals surface area contributed by atoms with Crippen LogP contribution < -0.4 is 56.7 Å². The molecule has 13 rings (SSSR count). The number of hydrogen-bond donors (Lipinski definition) is 9. The van der Waals surface area contributed by atoms with Gasteiger partial charge in [-0.05, 0) is 208 Å². The highest BCUT2D eigenvalue weighted by molar-refractivity contribution is 14.1. The molecule has 9 N–H and O–H groups in total. The van der Waals surface area contributed by atoms with Crippen LogP contribution in [0.4, 0.5) is 61.9 Å². The molecule has 6 aromatic heterocycles. The van der Waals surface area contributed by atoms with Crippen LogP contribution in [0.3, 0.4) is 0 Å². The number of halogens is 1. The van der Waals surface area contributed by atoms with Crippen molar-refractivity contribution in [1.82, 2.24) is 80.1 Å². The number of hydrogen-bond acceptors (Lipinski definition) is 24. The van der Waals surface area contributed by atoms with Gasteiger partial charge in [-0.25, -0.2) is 33.9 Å². The van der Waals surface area contributed by atoms with Crippen molar-refractivity contribution in [3.05, 3.63) is 146 Å². The zero-order valence-corrected chi connectivity index (χ0v) is 66.4. The molecule has 29 nitrogen and oxygen atoms in total. The summed E-state index contributed by atoms with van der Waals surface area (Å²) in [4.78, 5) is 54.2. The third-order valence-electron chi connectivity index (χ3n) is 17.6. The van der Waals surface area contributed by atoms with E-state index in [0.717, 1.165) is 139 Å². The molecule has 4 aliphatic rings. The number of H-pyrrole nitrogens is 1. The van der Waals surface area contributed by atoms with Gasteiger partial charge in [0.15, 0.2) is 0 Å². The normalized spacial score (nSPS) is 15.0. The third kappa shape index (κ3) is 22.7. The van der Waals surface area contributed by atoms with Crippen molar-refractivity contribution >= 4 is 87.1 Å². The van der Waals surface area contributed by atoms with Crippen LogP contribution in [0.1, 0.15) is 131 Å². The fourth-order valence-corrected chi connectivity index (χ4v) is 13.1. The lowest BCUT2D eigenvalue weighted by molar-refractivity contribution is 0.0211. The van der Waals surface area contributed by atoms with E-state index in [2.05, 4.69) is 125 Å². The standard InChI is InChI=1S/C24H31N7O3.C19H23N7O.C13H15IN4O.C11H17N3O2.C9H19N/c1-15-11-21(25-5)28-22(26-15)27-17-7-8-20(33-6)19(12-17)31-13-16-9-10-30(14-18(16)29-31)23(32)34-24(2,3)4;1-12-8-18(20-2)24-19(22-12)23-14-4-5-17(27-3)16(9-14)26-11-13-6-7-21-10-15(13)25-26;1-8-6-12(15-2)18-13(16-8)17-9-4-5-11(19-3)10(14)7-9;1-11(2,3)16-10(15)14-5-4-8-6-12-13-9(8)7-14;1-3-8-6-4-5-7-9(8)10-2/h7-8,11-13H,9-10,14H2,1-6H3,(H2,25,26,27,28);4-5,8-9,11,21H,6-7,10H2,1-3H3,(H2,20,22,23,24);4-7H,1-3H3,(H2,15,16,17,18);6H,4-5,7H2,1-3H3,(H,12,13);8-10H,3-7H2,1-2H3/t;;;;8-,9-/m....1/s1. The zero-order chi connectivity index (χ0) is 76.2. The molecule has 3 aliphatic heterocycles. The molecule has 9 aromatic rings. The number of aromatic amines is 1. The van der Waals surface area contributed by atoms with E-state index in [1.165, 1.54) is 43.2 Å². The lowest BCUT2D eigenvalue weighted by Gasteiger charge is -2.30. The largest absolute Gasteiger partial charge is 0.496 e. The number of nitrogens with one attached hydrogen (secondary N) is 9. The van der Waals surface area contributed by atoms with Crippen LogP contribution >= 0.6 is 22.6 Å². The Bertz CT molecular complexity index is 4360. The van der Waals surface area contributed by atoms with Gasteiger partial charge in [-0.3, -0.25) is 5.10 Å². The molecular weight excluding hydrogens is 1460 g/mol. The van der Waals surface area contributed by atoms with Gasteiger partial charge in [-0.2, -0.15) is 30.2 Å². The SMILES string of the molecule is CC(C)(C)OC(=O)N1CCc2cn[nH]c2C1.CC[C@@H]1CCCC[C@H]1NC.CNc1cc(C)nc(Nc2ccc(OC)c(-n3cc4c(n3)CN(C(=O)OC(C)(C)C)CC4)c2)n1.CNc1cc(C)nc(Nc2ccc(OC)c(-n3cc4c(n3)CNCC4)c2)n1.CNc1cc(C)nc(Nc2ccc(OC)c(I)c2)n1. The number of benzene rings is 3. The van der Waals surface area contributed by atoms with E-state index in [1.807, 2.05) is 173 Å². The van der Waals surface area contributed by atoms with Crippen LogP contribution in [-0.4, -0.2) is 168 Å². The molecule has 1 aliphatic carbocycles. The summed E-state index contributed by atoms with van der Waals surface area (Å²) in [6.45, 7) is 23.3. The van der Waals surface area contributed by atoms with Crippen LogP contribution in [0.25, 0.3) is 11.4 Å². The first-order valence-corrected chi connectivity index (χ1v) is 37.0. The summed E-state index contributed by atoms with van der Waals surface area (Å²) in [5.41, 5.74) is 12.4. The minimum absolute atomic E-state index is 0.257. The monoisotopic (exact) mass is 1560 g/mol. The maximum absolute atomic E-state index is 12.5. The Morgan fingerprint density at radius 2 is 1.02 bits per heavy atom. The van der Waals surface area contributed by atoms with Crippen molar-refractivity contribution in [3.63, 3.8) is 0 Å². The van der Waals surface area contributed by atoms with E-state index in [4.69, 9.17) is 33.9 Å². The number of aryl methyl sites for hydroxylation is 3. The van der Waals surface area contributed by atoms with Crippen LogP contribution in [0.15, 0.2) is 91.4 Å². The van der Waals surface area contributed by atoms with Crippen LogP contribution in [0.2, 0.25) is 0 Å². The number of carbonyl (C=O) groups is 2. The second-order valence-corrected chi connectivity index (χ2v) is 29.1. The summed E-state index contributed by atoms with van der Waals surface area (Å²) in [7, 11) is 12.5. The quantitative estimate of drug-likeness (QED) is 0.0406. The predicted octanol–water partition coefficient (Wildman–Crippen LogP) is 13.5. The lowest BCUT2D eigenvalue weighted by Crippen LogP contribution is -2.39. The molecule has 0 bridgehead atoms. The maximum atomic E-state index is 12.5. The molecular formula is C76H105IN22O7. The molecule has 2 atom stereocenters. The Kier molecular flexibility index (Phi) is 28.1. The van der Waals surface area contributed by atoms with Gasteiger partial charge in [-0.15, -0.1) is 0 Å². The predicted molar refractivity (Wildman–Crippen MR) is 425 cm³/mol. The molecule has 1 saturated carbocycles. The average Bonchev–Trinajstić information content (AvgIpc) is 1.63. The third-order valence-corrected chi connectivity index (χ3v) is 18.5. The minimum Gasteiger partial charge on any atom is -0.496 e. The molecule has 3 aromatic carbocycles. The number of anilines is 9. The Morgan fingerprint density at radius 1 is 0.566 bits per heavy atom. The van der Waals surface area contributed by atoms with Gasteiger partial charge in [0.2, 0.25) is 17.8 Å². The molecule has 1 fully saturated rings. The fourth-order valence-electron chi connectivity index (χ4n) is 12.3. The average molecular weight is 1570 g/mol. The fraction of sp³-hybridized carbons (Fsp3) is 0.461. The van der Waals surface area contributed by atoms with E-state index < -0.39 is 11.2 Å². The Balaban J connectivity index is 0.000000161. The number of fused-ring (bicyclic) bond motifs is 3. The lowest BCUT2D eigenvalue weighted by atomic mass is 9.83. The van der Waals surface area contributed by atoms with E-state index >= 15 is 0 Å². The smallest absolute Gasteiger partial charge is 0.410 e. The number of carbonyl (C=O) groups excluding carboxylic acids is 2. The highest BCUT2D eigenvalue weighted by Gasteiger charge is 2.30. The van der Waals surface area contributed by atoms with E-state index in [9.17, 15) is 9.59 Å². The van der Waals surface area contributed by atoms with Crippen molar-refractivity contribution in [2.75, 3.05) is 101 Å². The summed E-state index contributed by atoms with van der Waals surface area (Å²) in [5.74, 6) is 7.15. The van der Waals surface area contributed by atoms with Gasteiger partial charge in [0.25, 0.3) is 0 Å². The van der Waals surface area contributed by atoms with Gasteiger partial charge in [0.05, 0.1) is 61.3 Å². The molecule has 2 amide bonds. The molecule has 568 valence electrons. The first kappa shape index (κ1) is 80.0. The Hall–Kier alpha value is -10.1. The number of methoxy groups -OCH3 is 3. The molecule has 0 saturated heterocycles. The van der Waals surface area contributed by atoms with Crippen LogP contribution in [-0.2, 0) is 48.4 Å². The van der Waals surface area contributed by atoms with Gasteiger partial charge in [0, 0.05) is 112 Å². The molecule has 0 radical (unpaired) electrons. The summed E-state index contributed by atoms with van der Waals surface area (Å²) < 4.78 is 31.9.